The fraction of sp³-hybridized carbons (Fsp3) is 0.120. The van der Waals surface area contributed by atoms with Gasteiger partial charge in [-0.2, -0.15) is 0 Å². The first-order valence-corrected chi connectivity index (χ1v) is 10.5. The van der Waals surface area contributed by atoms with Crippen molar-refractivity contribution in [3.05, 3.63) is 114 Å². The van der Waals surface area contributed by atoms with Crippen molar-refractivity contribution < 1.29 is 4.39 Å². The largest absolute Gasteiger partial charge is 0.351 e. The second-order valence-corrected chi connectivity index (χ2v) is 8.00. The van der Waals surface area contributed by atoms with Crippen molar-refractivity contribution in [3.63, 3.8) is 0 Å². The van der Waals surface area contributed by atoms with Crippen molar-refractivity contribution in [2.75, 3.05) is 4.90 Å². The monoisotopic (exact) mass is 428 g/mol. The van der Waals surface area contributed by atoms with Crippen molar-refractivity contribution >= 4 is 23.0 Å². The number of aryl methyl sites for hydroxylation is 1. The number of hydrogen-bond donors (Lipinski definition) is 1. The van der Waals surface area contributed by atoms with Gasteiger partial charge >= 0.3 is 0 Å². The molecule has 154 valence electrons. The summed E-state index contributed by atoms with van der Waals surface area (Å²) in [5.74, 6) is -0.256. The van der Waals surface area contributed by atoms with Gasteiger partial charge in [0.15, 0.2) is 5.11 Å². The fourth-order valence-corrected chi connectivity index (χ4v) is 4.53. The first-order chi connectivity index (χ1) is 15.1. The smallest absolute Gasteiger partial charge is 0.174 e. The lowest BCUT2D eigenvalue weighted by Crippen LogP contribution is -2.30. The number of halogens is 1. The Morgan fingerprint density at radius 2 is 1.77 bits per heavy atom. The van der Waals surface area contributed by atoms with Gasteiger partial charge in [-0.15, -0.1) is 0 Å². The minimum Gasteiger partial charge on any atom is -0.351 e. The lowest BCUT2D eigenvalue weighted by atomic mass is 10.0. The third kappa shape index (κ3) is 3.59. The number of hydrogen-bond acceptors (Lipinski definition) is 2. The molecule has 0 saturated carbocycles. The van der Waals surface area contributed by atoms with Crippen LogP contribution in [-0.4, -0.2) is 14.7 Å². The van der Waals surface area contributed by atoms with Crippen LogP contribution in [0.25, 0.3) is 5.69 Å². The van der Waals surface area contributed by atoms with Crippen LogP contribution < -0.4 is 10.2 Å². The van der Waals surface area contributed by atoms with E-state index in [1.807, 2.05) is 36.5 Å². The fourth-order valence-electron chi connectivity index (χ4n) is 4.18. The molecular formula is C25H21FN4S. The predicted octanol–water partition coefficient (Wildman–Crippen LogP) is 5.50. The van der Waals surface area contributed by atoms with Crippen LogP contribution in [0.3, 0.4) is 0 Å². The average Bonchev–Trinajstić information content (AvgIpc) is 3.39. The van der Waals surface area contributed by atoms with E-state index in [1.165, 1.54) is 12.1 Å². The molecule has 0 aliphatic carbocycles. The highest BCUT2D eigenvalue weighted by Gasteiger charge is 2.42. The van der Waals surface area contributed by atoms with Crippen LogP contribution in [-0.2, 0) is 0 Å². The van der Waals surface area contributed by atoms with Gasteiger partial charge in [0.25, 0.3) is 0 Å². The Labute approximate surface area is 186 Å². The van der Waals surface area contributed by atoms with E-state index in [9.17, 15) is 4.39 Å². The Balaban J connectivity index is 1.67. The van der Waals surface area contributed by atoms with Gasteiger partial charge in [-0.1, -0.05) is 18.2 Å². The highest BCUT2D eigenvalue weighted by atomic mass is 32.1. The maximum atomic E-state index is 13.5. The van der Waals surface area contributed by atoms with E-state index in [0.29, 0.717) is 5.11 Å². The number of rotatable bonds is 4. The first kappa shape index (κ1) is 19.5. The van der Waals surface area contributed by atoms with Crippen LogP contribution >= 0.6 is 12.2 Å². The number of nitrogens with zero attached hydrogens (tertiary/aromatic N) is 3. The highest BCUT2D eigenvalue weighted by molar-refractivity contribution is 7.80. The second kappa shape index (κ2) is 7.96. The molecule has 2 aromatic carbocycles. The van der Waals surface area contributed by atoms with Crippen LogP contribution in [0.15, 0.2) is 91.3 Å². The van der Waals surface area contributed by atoms with E-state index >= 15 is 0 Å². The topological polar surface area (TPSA) is 33.1 Å². The zero-order valence-electron chi connectivity index (χ0n) is 16.9. The summed E-state index contributed by atoms with van der Waals surface area (Å²) >= 11 is 5.80. The van der Waals surface area contributed by atoms with Crippen LogP contribution in [0, 0.1) is 12.7 Å². The number of anilines is 1. The minimum absolute atomic E-state index is 0.135. The van der Waals surface area contributed by atoms with Gasteiger partial charge < -0.3 is 14.8 Å². The molecular weight excluding hydrogens is 407 g/mol. The predicted molar refractivity (Wildman–Crippen MR) is 125 cm³/mol. The maximum absolute atomic E-state index is 13.5. The summed E-state index contributed by atoms with van der Waals surface area (Å²) in [4.78, 5) is 6.76. The van der Waals surface area contributed by atoms with Crippen molar-refractivity contribution in [2.24, 2.45) is 0 Å². The van der Waals surface area contributed by atoms with E-state index < -0.39 is 0 Å². The SMILES string of the molecule is Cc1cccc(N2C(=S)NC(c3ccccn3)C2c2cccn2-c2ccc(F)cc2)c1. The van der Waals surface area contributed by atoms with E-state index in [0.717, 1.165) is 28.3 Å². The Bertz CT molecular complexity index is 1220. The van der Waals surface area contributed by atoms with Crippen LogP contribution in [0.5, 0.6) is 0 Å². The Kier molecular flexibility index (Phi) is 5.00. The molecule has 4 aromatic rings. The molecule has 2 unspecified atom stereocenters. The number of pyridine rings is 1. The van der Waals surface area contributed by atoms with Crippen molar-refractivity contribution in [1.29, 1.82) is 0 Å². The van der Waals surface area contributed by atoms with Gasteiger partial charge in [0, 0.05) is 29.5 Å². The van der Waals surface area contributed by atoms with Gasteiger partial charge in [0.2, 0.25) is 0 Å². The van der Waals surface area contributed by atoms with Gasteiger partial charge in [0.05, 0.1) is 11.7 Å². The standard InChI is InChI=1S/C25H21FN4S/c1-17-6-4-7-20(16-17)30-24(23(28-25(30)31)21-8-2-3-14-27-21)22-9-5-15-29(22)19-12-10-18(26)11-13-19/h2-16,23-24H,1H3,(H,28,31). The molecule has 2 atom stereocenters. The molecule has 1 aliphatic heterocycles. The van der Waals surface area contributed by atoms with E-state index in [-0.39, 0.29) is 17.9 Å². The van der Waals surface area contributed by atoms with Gasteiger partial charge in [-0.05, 0) is 85.4 Å². The molecule has 0 amide bonds. The summed E-state index contributed by atoms with van der Waals surface area (Å²) in [6, 6.07) is 24.6. The van der Waals surface area contributed by atoms with Crippen LogP contribution in [0.4, 0.5) is 10.1 Å². The average molecular weight is 429 g/mol. The normalized spacial score (nSPS) is 18.3. The van der Waals surface area contributed by atoms with Gasteiger partial charge in [-0.3, -0.25) is 4.98 Å². The van der Waals surface area contributed by atoms with Crippen LogP contribution in [0.1, 0.15) is 29.0 Å². The molecule has 1 fully saturated rings. The molecule has 4 nitrogen and oxygen atoms in total. The van der Waals surface area contributed by atoms with Gasteiger partial charge in [0.1, 0.15) is 11.9 Å². The van der Waals surface area contributed by atoms with E-state index in [4.69, 9.17) is 12.2 Å². The van der Waals surface area contributed by atoms with Crippen molar-refractivity contribution in [1.82, 2.24) is 14.9 Å². The molecule has 0 bridgehead atoms. The number of thiocarbonyl (C=S) groups is 1. The second-order valence-electron chi connectivity index (χ2n) is 7.62. The third-order valence-electron chi connectivity index (χ3n) is 5.57. The first-order valence-electron chi connectivity index (χ1n) is 10.1. The molecule has 2 aromatic heterocycles. The summed E-state index contributed by atoms with van der Waals surface area (Å²) in [6.07, 6.45) is 3.79. The summed E-state index contributed by atoms with van der Waals surface area (Å²) in [6.45, 7) is 2.07. The molecule has 1 aliphatic rings. The molecule has 6 heteroatoms. The molecule has 3 heterocycles. The molecule has 31 heavy (non-hydrogen) atoms. The minimum atomic E-state index is -0.256. The lowest BCUT2D eigenvalue weighted by molar-refractivity contribution is 0.549. The number of nitrogens with one attached hydrogen (secondary N) is 1. The zero-order valence-corrected chi connectivity index (χ0v) is 17.8. The summed E-state index contributed by atoms with van der Waals surface area (Å²) < 4.78 is 15.6. The Morgan fingerprint density at radius 1 is 0.935 bits per heavy atom. The zero-order chi connectivity index (χ0) is 21.4. The summed E-state index contributed by atoms with van der Waals surface area (Å²) in [5.41, 5.74) is 5.03. The molecule has 5 rings (SSSR count). The summed E-state index contributed by atoms with van der Waals surface area (Å²) in [5, 5.41) is 4.14. The molecule has 0 radical (unpaired) electrons. The van der Waals surface area contributed by atoms with Crippen molar-refractivity contribution in [3.8, 4) is 5.69 Å². The highest BCUT2D eigenvalue weighted by Crippen LogP contribution is 2.42. The lowest BCUT2D eigenvalue weighted by Gasteiger charge is -2.29. The molecule has 0 spiro atoms. The van der Waals surface area contributed by atoms with E-state index in [2.05, 4.69) is 51.0 Å². The number of benzene rings is 2. The maximum Gasteiger partial charge on any atom is 0.174 e. The van der Waals surface area contributed by atoms with Crippen LogP contribution in [0.2, 0.25) is 0 Å². The Hall–Kier alpha value is -3.51. The Morgan fingerprint density at radius 3 is 2.52 bits per heavy atom. The quantitative estimate of drug-likeness (QED) is 0.435. The molecule has 1 saturated heterocycles. The molecule has 1 N–H and O–H groups in total. The van der Waals surface area contributed by atoms with Gasteiger partial charge in [-0.25, -0.2) is 4.39 Å². The number of aromatic nitrogens is 2. The summed E-state index contributed by atoms with van der Waals surface area (Å²) in [7, 11) is 0. The van der Waals surface area contributed by atoms with Crippen molar-refractivity contribution in [2.45, 2.75) is 19.0 Å². The van der Waals surface area contributed by atoms with E-state index in [1.54, 1.807) is 18.3 Å². The third-order valence-corrected chi connectivity index (χ3v) is 5.88.